The molecule has 0 radical (unpaired) electrons. The van der Waals surface area contributed by atoms with Gasteiger partial charge in [-0.1, -0.05) is 0 Å². The summed E-state index contributed by atoms with van der Waals surface area (Å²) in [6, 6.07) is 5.80. The summed E-state index contributed by atoms with van der Waals surface area (Å²) in [5.41, 5.74) is 0.949. The van der Waals surface area contributed by atoms with Crippen molar-refractivity contribution in [3.63, 3.8) is 0 Å². The Morgan fingerprint density at radius 3 is 2.39 bits per heavy atom. The lowest BCUT2D eigenvalue weighted by molar-refractivity contribution is -0.290. The molecule has 1 fully saturated rings. The monoisotopic (exact) mass is 503 g/mol. The molecule has 3 aliphatic heterocycles. The minimum absolute atomic E-state index is 0.0278. The Morgan fingerprint density at radius 1 is 1.00 bits per heavy atom. The molecule has 0 spiro atoms. The van der Waals surface area contributed by atoms with Crippen molar-refractivity contribution in [1.29, 1.82) is 0 Å². The second-order valence-electron chi connectivity index (χ2n) is 8.42. The van der Waals surface area contributed by atoms with E-state index in [-0.39, 0.29) is 40.1 Å². The van der Waals surface area contributed by atoms with Crippen LogP contribution in [0.4, 0.5) is 0 Å². The second-order valence-corrected chi connectivity index (χ2v) is 8.42. The molecule has 4 aliphatic rings. The van der Waals surface area contributed by atoms with Crippen LogP contribution in [-0.4, -0.2) is 89.9 Å². The van der Waals surface area contributed by atoms with Gasteiger partial charge in [0.1, 0.15) is 41.7 Å². The van der Waals surface area contributed by atoms with Crippen LogP contribution in [0.2, 0.25) is 0 Å². The maximum absolute atomic E-state index is 10.5. The fourth-order valence-electron chi connectivity index (χ4n) is 4.27. The van der Waals surface area contributed by atoms with Gasteiger partial charge in [-0.15, -0.1) is 0 Å². The fraction of sp³-hybridized carbons (Fsp3) is 0.292. The number of rotatable bonds is 5. The Kier molecular flexibility index (Phi) is 5.98. The summed E-state index contributed by atoms with van der Waals surface area (Å²) < 4.78 is 23.1. The Balaban J connectivity index is 1.67. The van der Waals surface area contributed by atoms with E-state index in [0.29, 0.717) is 11.1 Å². The van der Waals surface area contributed by atoms with Crippen LogP contribution >= 0.6 is 0 Å². The van der Waals surface area contributed by atoms with Gasteiger partial charge < -0.3 is 59.5 Å². The van der Waals surface area contributed by atoms with Crippen molar-refractivity contribution in [3.05, 3.63) is 82.2 Å². The lowest BCUT2D eigenvalue weighted by Crippen LogP contribution is -2.59. The van der Waals surface area contributed by atoms with Crippen molar-refractivity contribution in [2.24, 2.45) is 0 Å². The summed E-state index contributed by atoms with van der Waals surface area (Å²) in [4.78, 5) is 9.71. The average molecular weight is 503 g/mol. The van der Waals surface area contributed by atoms with Gasteiger partial charge in [-0.05, 0) is 24.3 Å². The first kappa shape index (κ1) is 23.9. The number of aromatic hydroxyl groups is 1. The van der Waals surface area contributed by atoms with Crippen LogP contribution in [0.5, 0.6) is 5.75 Å². The van der Waals surface area contributed by atoms with Crippen LogP contribution in [-0.2, 0) is 18.9 Å². The maximum atomic E-state index is 10.5. The number of hydrogen-bond donors (Lipinski definition) is 7. The molecule has 1 saturated heterocycles. The van der Waals surface area contributed by atoms with E-state index in [9.17, 15) is 40.5 Å². The van der Waals surface area contributed by atoms with E-state index in [0.717, 1.165) is 0 Å². The number of phenols is 1. The van der Waals surface area contributed by atoms with Crippen LogP contribution in [0.1, 0.15) is 5.56 Å². The molecule has 5 rings (SSSR count). The summed E-state index contributed by atoms with van der Waals surface area (Å²) in [6.45, 7) is -0.677. The topological polar surface area (TPSA) is 200 Å². The number of benzene rings is 1. The first-order valence-electron chi connectivity index (χ1n) is 10.9. The van der Waals surface area contributed by atoms with E-state index in [1.54, 1.807) is 0 Å². The van der Waals surface area contributed by atoms with Gasteiger partial charge in [-0.2, -0.15) is 0 Å². The van der Waals surface area contributed by atoms with E-state index >= 15 is 0 Å². The Labute approximate surface area is 203 Å². The van der Waals surface area contributed by atoms with Gasteiger partial charge in [0.15, 0.2) is 17.6 Å². The van der Waals surface area contributed by atoms with E-state index < -0.39 is 49.4 Å². The number of aliphatic hydroxyl groups excluding tert-OH is 6. The van der Waals surface area contributed by atoms with Crippen LogP contribution in [0.25, 0.3) is 5.76 Å². The number of hydrogen-bond acceptors (Lipinski definition) is 10. The smallest absolute Gasteiger partial charge is 0.508 e. The van der Waals surface area contributed by atoms with E-state index in [1.165, 1.54) is 42.5 Å². The van der Waals surface area contributed by atoms with Crippen molar-refractivity contribution in [1.82, 2.24) is 0 Å². The minimum atomic E-state index is -1.74. The molecule has 1 aliphatic carbocycles. The standard InChI is InChI=1S/C24H22O12/c25-8-16-18(28)19(29)20(30)24(35-16)36-22-12-7-15(23(31)32)33-13-5-11(27)6-14(17(12)13)34-21(22)9-1-3-10(26)4-2-9/h1-7,14,16,18-20,24-30H,8H2,(H,31,32)/p+1. The first-order chi connectivity index (χ1) is 17.2. The third-order valence-corrected chi connectivity index (χ3v) is 6.06. The summed E-state index contributed by atoms with van der Waals surface area (Å²) in [5, 5.41) is 70.0. The van der Waals surface area contributed by atoms with Gasteiger partial charge in [0, 0.05) is 29.4 Å². The van der Waals surface area contributed by atoms with Gasteiger partial charge in [-0.3, -0.25) is 0 Å². The van der Waals surface area contributed by atoms with Gasteiger partial charge in [0.2, 0.25) is 6.29 Å². The number of allylic oxidation sites excluding steroid dienone is 2. The van der Waals surface area contributed by atoms with E-state index in [1.807, 2.05) is 0 Å². The molecule has 0 aromatic heterocycles. The molecule has 6 atom stereocenters. The van der Waals surface area contributed by atoms with Crippen LogP contribution in [0.3, 0.4) is 0 Å². The summed E-state index contributed by atoms with van der Waals surface area (Å²) >= 11 is 0. The third-order valence-electron chi connectivity index (χ3n) is 6.06. The molecule has 6 unspecified atom stereocenters. The average Bonchev–Trinajstić information content (AvgIpc) is 2.85. The molecule has 12 heteroatoms. The zero-order valence-electron chi connectivity index (χ0n) is 18.4. The van der Waals surface area contributed by atoms with Gasteiger partial charge in [-0.25, -0.2) is 0 Å². The normalized spacial score (nSPS) is 31.4. The Hall–Kier alpha value is -3.81. The SMILES string of the molecule is OCC1OC(OC2=C(c3ccc(O)cc3)OC3C=C(O)C=C4OC(C(O)=[OH+])=CC2=C43)C(O)C(O)C1O. The summed E-state index contributed by atoms with van der Waals surface area (Å²) in [5.74, 6) is -1.77. The molecule has 1 aromatic carbocycles. The lowest BCUT2D eigenvalue weighted by atomic mass is 9.89. The molecule has 190 valence electrons. The number of phenolic OH excluding ortho intramolecular Hbond substituents is 1. The predicted octanol–water partition coefficient (Wildman–Crippen LogP) is -0.113. The highest BCUT2D eigenvalue weighted by molar-refractivity contribution is 5.88. The van der Waals surface area contributed by atoms with Crippen molar-refractivity contribution in [3.8, 4) is 5.75 Å². The fourth-order valence-corrected chi connectivity index (χ4v) is 4.27. The number of aliphatic carboxylic acids is 1. The highest BCUT2D eigenvalue weighted by Gasteiger charge is 2.47. The molecule has 1 aromatic rings. The molecule has 8 N–H and O–H groups in total. The number of carboxylic acid groups (broad SMARTS) is 1. The minimum Gasteiger partial charge on any atom is -0.508 e. The zero-order chi connectivity index (χ0) is 25.7. The van der Waals surface area contributed by atoms with E-state index in [2.05, 4.69) is 0 Å². The molecule has 3 heterocycles. The molecular weight excluding hydrogens is 480 g/mol. The molecule has 0 bridgehead atoms. The maximum Gasteiger partial charge on any atom is 0.552 e. The highest BCUT2D eigenvalue weighted by Crippen LogP contribution is 2.46. The number of ether oxygens (including phenoxy) is 4. The quantitative estimate of drug-likeness (QED) is 0.264. The van der Waals surface area contributed by atoms with Crippen LogP contribution in [0.15, 0.2) is 76.7 Å². The third kappa shape index (κ3) is 4.00. The Bertz CT molecular complexity index is 1240. The number of aliphatic hydroxyl groups is 5. The van der Waals surface area contributed by atoms with Gasteiger partial charge >= 0.3 is 5.97 Å². The molecule has 36 heavy (non-hydrogen) atoms. The van der Waals surface area contributed by atoms with Crippen molar-refractivity contribution in [2.75, 3.05) is 6.61 Å². The second kappa shape index (κ2) is 9.00. The van der Waals surface area contributed by atoms with Gasteiger partial charge in [0.25, 0.3) is 5.76 Å². The van der Waals surface area contributed by atoms with Gasteiger partial charge in [0.05, 0.1) is 12.2 Å². The lowest BCUT2D eigenvalue weighted by Gasteiger charge is -2.41. The molecular formula is C24H23O12+. The molecule has 0 saturated carbocycles. The van der Waals surface area contributed by atoms with Crippen LogP contribution < -0.4 is 0 Å². The zero-order valence-corrected chi connectivity index (χ0v) is 18.4. The first-order valence-corrected chi connectivity index (χ1v) is 10.9. The van der Waals surface area contributed by atoms with Crippen molar-refractivity contribution in [2.45, 2.75) is 36.8 Å². The van der Waals surface area contributed by atoms with Crippen molar-refractivity contribution < 1.29 is 59.5 Å². The van der Waals surface area contributed by atoms with Crippen molar-refractivity contribution >= 4 is 11.7 Å². The van der Waals surface area contributed by atoms with Crippen LogP contribution in [0, 0.1) is 0 Å². The largest absolute Gasteiger partial charge is 0.552 e. The summed E-state index contributed by atoms with van der Waals surface area (Å²) in [6.07, 6.45) is -4.95. The molecule has 12 nitrogen and oxygen atoms in total. The summed E-state index contributed by atoms with van der Waals surface area (Å²) in [7, 11) is 0. The number of carboxylic acids is 1. The van der Waals surface area contributed by atoms with E-state index in [4.69, 9.17) is 18.9 Å². The highest BCUT2D eigenvalue weighted by atomic mass is 16.7. The Morgan fingerprint density at radius 2 is 1.72 bits per heavy atom. The predicted molar refractivity (Wildman–Crippen MR) is 119 cm³/mol. The molecule has 0 amide bonds.